The summed E-state index contributed by atoms with van der Waals surface area (Å²) in [5, 5.41) is 0. The van der Waals surface area contributed by atoms with Gasteiger partial charge in [0.25, 0.3) is 0 Å². The van der Waals surface area contributed by atoms with Crippen molar-refractivity contribution in [3.63, 3.8) is 0 Å². The van der Waals surface area contributed by atoms with Crippen LogP contribution in [0.1, 0.15) is 71.1 Å². The highest BCUT2D eigenvalue weighted by molar-refractivity contribution is 5.64. The van der Waals surface area contributed by atoms with Gasteiger partial charge in [-0.3, -0.25) is 9.80 Å². The maximum atomic E-state index is 7.25. The van der Waals surface area contributed by atoms with Gasteiger partial charge in [-0.1, -0.05) is 18.2 Å². The SMILES string of the molecule is COc1ccc2cc1Oc1ccc(cc1)C[C@H]1c3cc(c(OC)cc3CCN1C)Oc1c(OC3CCCC3)c(OC)cc3c1[C@H](C2)N(C)CC3. The van der Waals surface area contributed by atoms with Crippen molar-refractivity contribution in [2.45, 2.75) is 69.6 Å². The first kappa shape index (κ1) is 32.8. The van der Waals surface area contributed by atoms with Gasteiger partial charge in [-0.15, -0.1) is 0 Å². The lowest BCUT2D eigenvalue weighted by Crippen LogP contribution is -2.34. The Bertz CT molecular complexity index is 1870. The summed E-state index contributed by atoms with van der Waals surface area (Å²) < 4.78 is 38.6. The molecule has 6 bridgehead atoms. The summed E-state index contributed by atoms with van der Waals surface area (Å²) in [5.41, 5.74) is 7.29. The number of hydrogen-bond donors (Lipinski definition) is 0. The Kier molecular flexibility index (Phi) is 9.00. The maximum absolute atomic E-state index is 7.25. The van der Waals surface area contributed by atoms with Gasteiger partial charge in [0.2, 0.25) is 5.75 Å². The van der Waals surface area contributed by atoms with Gasteiger partial charge >= 0.3 is 0 Å². The highest BCUT2D eigenvalue weighted by Gasteiger charge is 2.36. The van der Waals surface area contributed by atoms with E-state index in [1.165, 1.54) is 22.3 Å². The number of rotatable bonds is 5. The molecule has 0 spiro atoms. The molecule has 5 aliphatic rings. The number of fused-ring (bicyclic) bond motifs is 2. The average Bonchev–Trinajstić information content (AvgIpc) is 3.65. The van der Waals surface area contributed by atoms with Gasteiger partial charge < -0.3 is 28.4 Å². The minimum absolute atomic E-state index is 0.00694. The van der Waals surface area contributed by atoms with E-state index in [-0.39, 0.29) is 18.2 Å². The standard InChI is InChI=1S/C42H48N2O6/c1-43-18-16-28-23-36(46-4)38-25-32(28)33(43)20-26-10-13-31(14-11-26)48-37-22-27(12-15-35(37)45-3)21-34-40-29(17-19-44(34)2)24-39(47-5)41(42(40)50-38)49-30-8-6-7-9-30/h10-15,22-25,30,33-34H,6-9,16-21H2,1-5H3/t33-,34-/m0/s1. The average molecular weight is 677 g/mol. The highest BCUT2D eigenvalue weighted by Crippen LogP contribution is 2.53. The number of benzene rings is 4. The summed E-state index contributed by atoms with van der Waals surface area (Å²) in [6.07, 6.45) is 7.90. The molecule has 1 aliphatic carbocycles. The second-order valence-corrected chi connectivity index (χ2v) is 14.3. The molecule has 0 saturated heterocycles. The Hall–Kier alpha value is -4.40. The molecule has 0 aromatic heterocycles. The second kappa shape index (κ2) is 13.7. The summed E-state index contributed by atoms with van der Waals surface area (Å²) >= 11 is 0. The molecule has 2 atom stereocenters. The van der Waals surface area contributed by atoms with E-state index in [0.717, 1.165) is 92.8 Å². The lowest BCUT2D eigenvalue weighted by Gasteiger charge is -2.38. The van der Waals surface area contributed by atoms with Crippen LogP contribution >= 0.6 is 0 Å². The van der Waals surface area contributed by atoms with Crippen LogP contribution in [0.25, 0.3) is 0 Å². The van der Waals surface area contributed by atoms with Crippen LogP contribution in [0, 0.1) is 0 Å². The molecular formula is C42H48N2O6. The zero-order valence-electron chi connectivity index (χ0n) is 29.9. The molecule has 8 heteroatoms. The van der Waals surface area contributed by atoms with Gasteiger partial charge in [0.05, 0.1) is 27.4 Å². The summed E-state index contributed by atoms with van der Waals surface area (Å²) in [4.78, 5) is 4.88. The smallest absolute Gasteiger partial charge is 0.204 e. The van der Waals surface area contributed by atoms with Gasteiger partial charge in [-0.2, -0.15) is 0 Å². The van der Waals surface area contributed by atoms with Crippen molar-refractivity contribution in [2.24, 2.45) is 0 Å². The van der Waals surface area contributed by atoms with Crippen LogP contribution < -0.4 is 28.4 Å². The lowest BCUT2D eigenvalue weighted by molar-refractivity contribution is 0.186. The van der Waals surface area contributed by atoms with Crippen LogP contribution in [0.4, 0.5) is 0 Å². The summed E-state index contributed by atoms with van der Waals surface area (Å²) in [7, 11) is 9.57. The molecule has 0 amide bonds. The molecule has 50 heavy (non-hydrogen) atoms. The predicted molar refractivity (Wildman–Crippen MR) is 194 cm³/mol. The Morgan fingerprint density at radius 3 is 2.02 bits per heavy atom. The molecule has 1 fully saturated rings. The van der Waals surface area contributed by atoms with Gasteiger partial charge in [-0.25, -0.2) is 0 Å². The van der Waals surface area contributed by atoms with Crippen molar-refractivity contribution in [2.75, 3.05) is 48.5 Å². The third-order valence-electron chi connectivity index (χ3n) is 11.2. The maximum Gasteiger partial charge on any atom is 0.204 e. The largest absolute Gasteiger partial charge is 0.493 e. The van der Waals surface area contributed by atoms with Gasteiger partial charge in [0.15, 0.2) is 34.5 Å². The molecule has 0 N–H and O–H groups in total. The molecule has 4 aromatic carbocycles. The Balaban J connectivity index is 1.36. The molecule has 0 unspecified atom stereocenters. The van der Waals surface area contributed by atoms with Crippen molar-refractivity contribution in [3.05, 3.63) is 94.0 Å². The van der Waals surface area contributed by atoms with Crippen LogP contribution in [0.15, 0.2) is 60.7 Å². The summed E-state index contributed by atoms with van der Waals surface area (Å²) in [6.45, 7) is 1.88. The number of hydrogen-bond acceptors (Lipinski definition) is 8. The fraction of sp³-hybridized carbons (Fsp3) is 0.429. The first-order valence-corrected chi connectivity index (χ1v) is 18.1. The fourth-order valence-corrected chi connectivity index (χ4v) is 8.37. The minimum Gasteiger partial charge on any atom is -0.493 e. The third-order valence-corrected chi connectivity index (χ3v) is 11.2. The molecule has 9 rings (SSSR count). The number of methoxy groups -OCH3 is 3. The topological polar surface area (TPSA) is 61.9 Å². The number of likely N-dealkylation sites (N-methyl/N-ethyl adjacent to an activating group) is 2. The van der Waals surface area contributed by atoms with Crippen molar-refractivity contribution in [1.29, 1.82) is 0 Å². The fourth-order valence-electron chi connectivity index (χ4n) is 8.37. The molecule has 8 nitrogen and oxygen atoms in total. The van der Waals surface area contributed by atoms with Gasteiger partial charge in [-0.05, 0) is 136 Å². The van der Waals surface area contributed by atoms with Crippen LogP contribution in [0.2, 0.25) is 0 Å². The van der Waals surface area contributed by atoms with E-state index in [1.54, 1.807) is 21.3 Å². The number of ether oxygens (including phenoxy) is 6. The third kappa shape index (κ3) is 6.13. The van der Waals surface area contributed by atoms with E-state index in [9.17, 15) is 0 Å². The van der Waals surface area contributed by atoms with Crippen molar-refractivity contribution >= 4 is 0 Å². The zero-order valence-corrected chi connectivity index (χ0v) is 29.9. The molecule has 4 heterocycles. The van der Waals surface area contributed by atoms with E-state index < -0.39 is 0 Å². The Morgan fingerprint density at radius 2 is 1.28 bits per heavy atom. The molecule has 4 aliphatic heterocycles. The zero-order chi connectivity index (χ0) is 34.4. The van der Waals surface area contributed by atoms with E-state index >= 15 is 0 Å². The Labute approximate surface area is 295 Å². The summed E-state index contributed by atoms with van der Waals surface area (Å²) in [5.74, 6) is 5.73. The number of nitrogens with zero attached hydrogens (tertiary/aromatic N) is 2. The monoisotopic (exact) mass is 676 g/mol. The molecule has 4 aromatic rings. The van der Waals surface area contributed by atoms with Crippen LogP contribution in [0.5, 0.6) is 46.0 Å². The highest BCUT2D eigenvalue weighted by atomic mass is 16.6. The quantitative estimate of drug-likeness (QED) is 0.209. The van der Waals surface area contributed by atoms with Crippen molar-refractivity contribution in [3.8, 4) is 46.0 Å². The van der Waals surface area contributed by atoms with Gasteiger partial charge in [0.1, 0.15) is 5.75 Å². The van der Waals surface area contributed by atoms with Crippen molar-refractivity contribution in [1.82, 2.24) is 9.80 Å². The molecule has 262 valence electrons. The molecule has 0 radical (unpaired) electrons. The first-order valence-electron chi connectivity index (χ1n) is 18.1. The second-order valence-electron chi connectivity index (χ2n) is 14.3. The van der Waals surface area contributed by atoms with E-state index in [0.29, 0.717) is 28.7 Å². The molecule has 1 saturated carbocycles. The van der Waals surface area contributed by atoms with Crippen molar-refractivity contribution < 1.29 is 28.4 Å². The van der Waals surface area contributed by atoms with E-state index in [4.69, 9.17) is 28.4 Å². The Morgan fingerprint density at radius 1 is 0.640 bits per heavy atom. The first-order chi connectivity index (χ1) is 24.4. The van der Waals surface area contributed by atoms with Gasteiger partial charge in [0, 0.05) is 30.7 Å². The van der Waals surface area contributed by atoms with Crippen LogP contribution in [0.3, 0.4) is 0 Å². The van der Waals surface area contributed by atoms with E-state index in [2.05, 4.69) is 78.5 Å². The van der Waals surface area contributed by atoms with Crippen LogP contribution in [-0.2, 0) is 25.7 Å². The summed E-state index contributed by atoms with van der Waals surface area (Å²) in [6, 6.07) is 21.5. The van der Waals surface area contributed by atoms with Crippen LogP contribution in [-0.4, -0.2) is 64.4 Å². The predicted octanol–water partition coefficient (Wildman–Crippen LogP) is 8.48. The lowest BCUT2D eigenvalue weighted by atomic mass is 9.87. The minimum atomic E-state index is 0.00694. The normalized spacial score (nSPS) is 20.6. The van der Waals surface area contributed by atoms with E-state index in [1.807, 2.05) is 6.07 Å². The molecular weight excluding hydrogens is 628 g/mol.